The predicted molar refractivity (Wildman–Crippen MR) is 84.5 cm³/mol. The Kier molecular flexibility index (Phi) is 4.88. The molecule has 0 saturated carbocycles. The van der Waals surface area contributed by atoms with Crippen molar-refractivity contribution in [2.75, 3.05) is 10.6 Å². The zero-order chi connectivity index (χ0) is 14.5. The van der Waals surface area contributed by atoms with Crippen molar-refractivity contribution in [3.63, 3.8) is 0 Å². The molecule has 0 bridgehead atoms. The van der Waals surface area contributed by atoms with E-state index in [-0.39, 0.29) is 5.91 Å². The Bertz CT molecular complexity index is 609. The van der Waals surface area contributed by atoms with E-state index < -0.39 is 0 Å². The minimum Gasteiger partial charge on any atom is -0.381 e. The fraction of sp³-hybridized carbons (Fsp3) is 0.133. The van der Waals surface area contributed by atoms with Crippen LogP contribution in [-0.4, -0.2) is 5.91 Å². The molecular weight excluding hydrogens is 295 g/mol. The molecule has 1 amide bonds. The Balaban J connectivity index is 2.12. The molecule has 0 radical (unpaired) electrons. The van der Waals surface area contributed by atoms with Gasteiger partial charge in [-0.2, -0.15) is 0 Å². The molecule has 0 spiro atoms. The van der Waals surface area contributed by atoms with Gasteiger partial charge in [0.2, 0.25) is 5.91 Å². The first kappa shape index (κ1) is 14.7. The lowest BCUT2D eigenvalue weighted by Crippen LogP contribution is -2.10. The van der Waals surface area contributed by atoms with E-state index in [4.69, 9.17) is 23.2 Å². The largest absolute Gasteiger partial charge is 0.381 e. The van der Waals surface area contributed by atoms with Gasteiger partial charge in [0, 0.05) is 34.9 Å². The third-order valence-corrected chi connectivity index (χ3v) is 3.11. The summed E-state index contributed by atoms with van der Waals surface area (Å²) < 4.78 is 0. The topological polar surface area (TPSA) is 41.1 Å². The maximum absolute atomic E-state index is 11.2. The normalized spacial score (nSPS) is 10.2. The summed E-state index contributed by atoms with van der Waals surface area (Å²) in [5.41, 5.74) is 2.61. The maximum atomic E-state index is 11.2. The number of carbonyl (C=O) groups excluding carboxylic acids is 1. The van der Waals surface area contributed by atoms with Crippen molar-refractivity contribution in [1.29, 1.82) is 0 Å². The highest BCUT2D eigenvalue weighted by atomic mass is 35.5. The van der Waals surface area contributed by atoms with Crippen LogP contribution in [0.5, 0.6) is 0 Å². The number of para-hydroxylation sites is 1. The van der Waals surface area contributed by atoms with Crippen molar-refractivity contribution in [1.82, 2.24) is 0 Å². The Morgan fingerprint density at radius 3 is 2.40 bits per heavy atom. The lowest BCUT2D eigenvalue weighted by molar-refractivity contribution is -0.114. The van der Waals surface area contributed by atoms with Gasteiger partial charge in [-0.1, -0.05) is 41.4 Å². The van der Waals surface area contributed by atoms with Gasteiger partial charge in [-0.15, -0.1) is 0 Å². The highest BCUT2D eigenvalue weighted by molar-refractivity contribution is 6.35. The van der Waals surface area contributed by atoms with Gasteiger partial charge in [0.1, 0.15) is 0 Å². The molecule has 104 valence electrons. The summed E-state index contributed by atoms with van der Waals surface area (Å²) in [5.74, 6) is -0.0942. The first-order valence-electron chi connectivity index (χ1n) is 6.10. The fourth-order valence-corrected chi connectivity index (χ4v) is 2.37. The average Bonchev–Trinajstić information content (AvgIpc) is 2.36. The number of rotatable bonds is 4. The van der Waals surface area contributed by atoms with Crippen molar-refractivity contribution in [3.8, 4) is 0 Å². The molecule has 5 heteroatoms. The average molecular weight is 309 g/mol. The number of amides is 1. The monoisotopic (exact) mass is 308 g/mol. The summed E-state index contributed by atoms with van der Waals surface area (Å²) in [7, 11) is 0. The fourth-order valence-electron chi connectivity index (χ4n) is 1.84. The SMILES string of the molecule is CC(=O)Nc1ccccc1CNc1cc(Cl)cc(Cl)c1. The molecule has 0 aliphatic rings. The molecule has 0 aromatic heterocycles. The molecule has 2 N–H and O–H groups in total. The zero-order valence-electron chi connectivity index (χ0n) is 10.9. The van der Waals surface area contributed by atoms with Crippen LogP contribution in [0.25, 0.3) is 0 Å². The van der Waals surface area contributed by atoms with Crippen LogP contribution in [0.15, 0.2) is 42.5 Å². The number of halogens is 2. The van der Waals surface area contributed by atoms with Crippen molar-refractivity contribution < 1.29 is 4.79 Å². The maximum Gasteiger partial charge on any atom is 0.221 e. The third kappa shape index (κ3) is 4.15. The lowest BCUT2D eigenvalue weighted by Gasteiger charge is -2.12. The highest BCUT2D eigenvalue weighted by Gasteiger charge is 2.04. The summed E-state index contributed by atoms with van der Waals surface area (Å²) in [4.78, 5) is 11.2. The Labute approximate surface area is 127 Å². The second-order valence-corrected chi connectivity index (χ2v) is 5.22. The number of hydrogen-bond acceptors (Lipinski definition) is 2. The molecular formula is C15H14Cl2N2O. The van der Waals surface area contributed by atoms with Crippen LogP contribution in [0.4, 0.5) is 11.4 Å². The summed E-state index contributed by atoms with van der Waals surface area (Å²) in [5, 5.41) is 7.20. The number of carbonyl (C=O) groups is 1. The molecule has 2 aromatic carbocycles. The Morgan fingerprint density at radius 2 is 1.75 bits per heavy atom. The smallest absolute Gasteiger partial charge is 0.221 e. The van der Waals surface area contributed by atoms with Gasteiger partial charge in [0.05, 0.1) is 0 Å². The van der Waals surface area contributed by atoms with Gasteiger partial charge < -0.3 is 10.6 Å². The second-order valence-electron chi connectivity index (χ2n) is 4.35. The van der Waals surface area contributed by atoms with E-state index in [1.807, 2.05) is 24.3 Å². The van der Waals surface area contributed by atoms with Gasteiger partial charge >= 0.3 is 0 Å². The molecule has 0 unspecified atom stereocenters. The number of benzene rings is 2. The number of nitrogens with one attached hydrogen (secondary N) is 2. The van der Waals surface area contributed by atoms with Crippen molar-refractivity contribution in [2.24, 2.45) is 0 Å². The zero-order valence-corrected chi connectivity index (χ0v) is 12.4. The third-order valence-electron chi connectivity index (χ3n) is 2.67. The second kappa shape index (κ2) is 6.64. The van der Waals surface area contributed by atoms with Crippen LogP contribution in [0, 0.1) is 0 Å². The molecule has 2 rings (SSSR count). The van der Waals surface area contributed by atoms with Crippen LogP contribution in [0.3, 0.4) is 0 Å². The standard InChI is InChI=1S/C15H14Cl2N2O/c1-10(20)19-15-5-3-2-4-11(15)9-18-14-7-12(16)6-13(17)8-14/h2-8,18H,9H2,1H3,(H,19,20). The van der Waals surface area contributed by atoms with E-state index in [9.17, 15) is 4.79 Å². The van der Waals surface area contributed by atoms with E-state index in [1.54, 1.807) is 18.2 Å². The molecule has 0 atom stereocenters. The van der Waals surface area contributed by atoms with Crippen LogP contribution >= 0.6 is 23.2 Å². The molecule has 2 aromatic rings. The molecule has 0 heterocycles. The van der Waals surface area contributed by atoms with Gasteiger partial charge in [0.15, 0.2) is 0 Å². The molecule has 3 nitrogen and oxygen atoms in total. The van der Waals surface area contributed by atoms with E-state index >= 15 is 0 Å². The van der Waals surface area contributed by atoms with E-state index in [0.717, 1.165) is 16.9 Å². The van der Waals surface area contributed by atoms with Gasteiger partial charge in [0.25, 0.3) is 0 Å². The number of anilines is 2. The van der Waals surface area contributed by atoms with Crippen LogP contribution in [0.1, 0.15) is 12.5 Å². The van der Waals surface area contributed by atoms with Crippen LogP contribution < -0.4 is 10.6 Å². The molecule has 0 aliphatic carbocycles. The Morgan fingerprint density at radius 1 is 1.10 bits per heavy atom. The van der Waals surface area contributed by atoms with E-state index in [2.05, 4.69) is 10.6 Å². The van der Waals surface area contributed by atoms with Crippen molar-refractivity contribution in [3.05, 3.63) is 58.1 Å². The van der Waals surface area contributed by atoms with Crippen molar-refractivity contribution >= 4 is 40.5 Å². The predicted octanol–water partition coefficient (Wildman–Crippen LogP) is 4.56. The van der Waals surface area contributed by atoms with Gasteiger partial charge in [-0.25, -0.2) is 0 Å². The minimum absolute atomic E-state index is 0.0942. The molecule has 20 heavy (non-hydrogen) atoms. The van der Waals surface area contributed by atoms with E-state index in [1.165, 1.54) is 6.92 Å². The molecule has 0 saturated heterocycles. The first-order valence-corrected chi connectivity index (χ1v) is 6.85. The van der Waals surface area contributed by atoms with Crippen molar-refractivity contribution in [2.45, 2.75) is 13.5 Å². The van der Waals surface area contributed by atoms with Crippen LogP contribution in [0.2, 0.25) is 10.0 Å². The first-order chi connectivity index (χ1) is 9.54. The lowest BCUT2D eigenvalue weighted by atomic mass is 10.1. The Hall–Kier alpha value is -1.71. The molecule has 0 fully saturated rings. The number of hydrogen-bond donors (Lipinski definition) is 2. The summed E-state index contributed by atoms with van der Waals surface area (Å²) >= 11 is 11.9. The minimum atomic E-state index is -0.0942. The summed E-state index contributed by atoms with van der Waals surface area (Å²) in [6.45, 7) is 2.05. The van der Waals surface area contributed by atoms with E-state index in [0.29, 0.717) is 16.6 Å². The van der Waals surface area contributed by atoms with Gasteiger partial charge in [-0.05, 0) is 29.8 Å². The van der Waals surface area contributed by atoms with Gasteiger partial charge in [-0.3, -0.25) is 4.79 Å². The summed E-state index contributed by atoms with van der Waals surface area (Å²) in [6.07, 6.45) is 0. The highest BCUT2D eigenvalue weighted by Crippen LogP contribution is 2.24. The summed E-state index contributed by atoms with van der Waals surface area (Å²) in [6, 6.07) is 12.9. The quantitative estimate of drug-likeness (QED) is 0.869. The molecule has 0 aliphatic heterocycles. The van der Waals surface area contributed by atoms with Crippen LogP contribution in [-0.2, 0) is 11.3 Å².